The van der Waals surface area contributed by atoms with Crippen LogP contribution in [0.25, 0.3) is 0 Å². The van der Waals surface area contributed by atoms with Crippen molar-refractivity contribution in [2.45, 2.75) is 31.4 Å². The van der Waals surface area contributed by atoms with E-state index >= 15 is 0 Å². The quantitative estimate of drug-likeness (QED) is 0.891. The summed E-state index contributed by atoms with van der Waals surface area (Å²) in [6, 6.07) is 2.57. The maximum absolute atomic E-state index is 12.2. The summed E-state index contributed by atoms with van der Waals surface area (Å²) in [4.78, 5) is 11.9. The van der Waals surface area contributed by atoms with E-state index in [0.717, 1.165) is 6.42 Å². The van der Waals surface area contributed by atoms with E-state index in [0.29, 0.717) is 12.8 Å². The summed E-state index contributed by atoms with van der Waals surface area (Å²) in [5.41, 5.74) is 5.27. The molecule has 4 nitrogen and oxygen atoms in total. The maximum Gasteiger partial charge on any atom is 0.387 e. The highest BCUT2D eigenvalue weighted by atomic mass is 35.5. The number of ether oxygens (including phenoxy) is 1. The fourth-order valence-electron chi connectivity index (χ4n) is 1.87. The Hall–Kier alpha value is -1.11. The van der Waals surface area contributed by atoms with Crippen LogP contribution in [0.1, 0.15) is 19.3 Å². The van der Waals surface area contributed by atoms with Crippen LogP contribution in [0.2, 0.25) is 10.0 Å². The van der Waals surface area contributed by atoms with Gasteiger partial charge in [-0.1, -0.05) is 23.2 Å². The highest BCUT2D eigenvalue weighted by molar-refractivity contribution is 6.37. The molecule has 1 amide bonds. The van der Waals surface area contributed by atoms with Crippen LogP contribution in [0.5, 0.6) is 5.75 Å². The second kappa shape index (κ2) is 5.71. The lowest BCUT2D eigenvalue weighted by atomic mass is 9.77. The van der Waals surface area contributed by atoms with E-state index in [-0.39, 0.29) is 27.4 Å². The third kappa shape index (κ3) is 3.13. The van der Waals surface area contributed by atoms with Crippen LogP contribution >= 0.6 is 23.2 Å². The van der Waals surface area contributed by atoms with Crippen molar-refractivity contribution >= 4 is 34.8 Å². The minimum absolute atomic E-state index is 0.118. The molecule has 0 aliphatic heterocycles. The molecular formula is C12H12Cl2F2N2O2. The second-order valence-corrected chi connectivity index (χ2v) is 5.43. The standard InChI is InChI=1S/C12H12Cl2F2N2O2/c13-7-4-6(5-8(14)9(7)20-11(15)16)18-10(19)12(17)2-1-3-12/h4-5,11H,1-3,17H2,(H,18,19). The molecule has 8 heteroatoms. The zero-order chi connectivity index (χ0) is 14.9. The molecule has 0 aromatic heterocycles. The average Bonchev–Trinajstić information content (AvgIpc) is 2.30. The first-order valence-electron chi connectivity index (χ1n) is 5.86. The minimum atomic E-state index is -3.03. The van der Waals surface area contributed by atoms with Crippen molar-refractivity contribution in [3.8, 4) is 5.75 Å². The van der Waals surface area contributed by atoms with Crippen molar-refractivity contribution in [3.63, 3.8) is 0 Å². The molecule has 0 radical (unpaired) electrons. The summed E-state index contributed by atoms with van der Waals surface area (Å²) in [6.45, 7) is -3.03. The number of hydrogen-bond acceptors (Lipinski definition) is 3. The lowest BCUT2D eigenvalue weighted by Crippen LogP contribution is -2.56. The zero-order valence-corrected chi connectivity index (χ0v) is 11.8. The molecule has 0 bridgehead atoms. The molecule has 0 atom stereocenters. The average molecular weight is 325 g/mol. The number of carbonyl (C=O) groups is 1. The molecule has 20 heavy (non-hydrogen) atoms. The summed E-state index contributed by atoms with van der Waals surface area (Å²) in [7, 11) is 0. The molecule has 2 rings (SSSR count). The Morgan fingerprint density at radius 3 is 2.30 bits per heavy atom. The molecular weight excluding hydrogens is 313 g/mol. The van der Waals surface area contributed by atoms with Crippen molar-refractivity contribution in [2.24, 2.45) is 5.73 Å². The first-order chi connectivity index (χ1) is 9.32. The molecule has 110 valence electrons. The Kier molecular flexibility index (Phi) is 4.36. The molecule has 1 aromatic carbocycles. The Balaban J connectivity index is 2.16. The largest absolute Gasteiger partial charge is 0.432 e. The molecule has 0 saturated heterocycles. The highest BCUT2D eigenvalue weighted by Crippen LogP contribution is 2.37. The number of nitrogens with two attached hydrogens (primary N) is 1. The molecule has 1 aliphatic rings. The smallest absolute Gasteiger partial charge is 0.387 e. The van der Waals surface area contributed by atoms with Gasteiger partial charge in [0.1, 0.15) is 0 Å². The second-order valence-electron chi connectivity index (χ2n) is 4.61. The van der Waals surface area contributed by atoms with Crippen LogP contribution in [0.15, 0.2) is 12.1 Å². The number of halogens is 4. The van der Waals surface area contributed by atoms with Crippen LogP contribution in [0.4, 0.5) is 14.5 Å². The number of carbonyl (C=O) groups excluding carboxylic acids is 1. The van der Waals surface area contributed by atoms with E-state index in [4.69, 9.17) is 28.9 Å². The maximum atomic E-state index is 12.2. The number of anilines is 1. The van der Waals surface area contributed by atoms with Gasteiger partial charge in [-0.05, 0) is 31.4 Å². The topological polar surface area (TPSA) is 64.4 Å². The molecule has 3 N–H and O–H groups in total. The van der Waals surface area contributed by atoms with Gasteiger partial charge in [-0.15, -0.1) is 0 Å². The Bertz CT molecular complexity index is 513. The van der Waals surface area contributed by atoms with Gasteiger partial charge < -0.3 is 15.8 Å². The molecule has 1 saturated carbocycles. The van der Waals surface area contributed by atoms with Gasteiger partial charge in [-0.25, -0.2) is 0 Å². The van der Waals surface area contributed by atoms with Crippen LogP contribution in [-0.2, 0) is 4.79 Å². The number of rotatable bonds is 4. The van der Waals surface area contributed by atoms with Gasteiger partial charge in [0, 0.05) is 5.69 Å². The number of nitrogens with one attached hydrogen (secondary N) is 1. The van der Waals surface area contributed by atoms with Gasteiger partial charge >= 0.3 is 6.61 Å². The third-order valence-corrected chi connectivity index (χ3v) is 3.72. The van der Waals surface area contributed by atoms with Crippen LogP contribution in [-0.4, -0.2) is 18.1 Å². The SMILES string of the molecule is NC1(C(=O)Nc2cc(Cl)c(OC(F)F)c(Cl)c2)CCC1. The number of benzene rings is 1. The summed E-state index contributed by atoms with van der Waals surface area (Å²) in [6.07, 6.45) is 2.10. The zero-order valence-electron chi connectivity index (χ0n) is 10.3. The number of hydrogen-bond donors (Lipinski definition) is 2. The third-order valence-electron chi connectivity index (χ3n) is 3.16. The predicted octanol–water partition coefficient (Wildman–Crippen LogP) is 3.41. The lowest BCUT2D eigenvalue weighted by molar-refractivity contribution is -0.123. The van der Waals surface area contributed by atoms with Gasteiger partial charge in [-0.3, -0.25) is 4.79 Å². The molecule has 1 fully saturated rings. The van der Waals surface area contributed by atoms with Crippen molar-refractivity contribution < 1.29 is 18.3 Å². The van der Waals surface area contributed by atoms with E-state index in [2.05, 4.69) is 10.1 Å². The van der Waals surface area contributed by atoms with Gasteiger partial charge in [0.15, 0.2) is 5.75 Å². The van der Waals surface area contributed by atoms with Gasteiger partial charge in [-0.2, -0.15) is 8.78 Å². The van der Waals surface area contributed by atoms with Crippen molar-refractivity contribution in [2.75, 3.05) is 5.32 Å². The first kappa shape index (κ1) is 15.3. The van der Waals surface area contributed by atoms with Crippen molar-refractivity contribution in [3.05, 3.63) is 22.2 Å². The molecule has 0 unspecified atom stereocenters. The fraction of sp³-hybridized carbons (Fsp3) is 0.417. The van der Waals surface area contributed by atoms with E-state index in [1.54, 1.807) is 0 Å². The van der Waals surface area contributed by atoms with Crippen molar-refractivity contribution in [1.82, 2.24) is 0 Å². The number of amides is 1. The van der Waals surface area contributed by atoms with Crippen LogP contribution in [0, 0.1) is 0 Å². The van der Waals surface area contributed by atoms with Crippen LogP contribution < -0.4 is 15.8 Å². The Morgan fingerprint density at radius 2 is 1.90 bits per heavy atom. The molecule has 1 aliphatic carbocycles. The van der Waals surface area contributed by atoms with Gasteiger partial charge in [0.2, 0.25) is 5.91 Å². The highest BCUT2D eigenvalue weighted by Gasteiger charge is 2.40. The molecule has 0 spiro atoms. The van der Waals surface area contributed by atoms with E-state index in [9.17, 15) is 13.6 Å². The van der Waals surface area contributed by atoms with E-state index in [1.807, 2.05) is 0 Å². The Morgan fingerprint density at radius 1 is 1.35 bits per heavy atom. The van der Waals surface area contributed by atoms with Gasteiger partial charge in [0.05, 0.1) is 15.6 Å². The number of alkyl halides is 2. The Labute approximate surface area is 124 Å². The summed E-state index contributed by atoms with van der Waals surface area (Å²) in [5.74, 6) is -0.675. The van der Waals surface area contributed by atoms with Crippen molar-refractivity contribution in [1.29, 1.82) is 0 Å². The molecule has 1 aromatic rings. The molecule has 0 heterocycles. The summed E-state index contributed by atoms with van der Waals surface area (Å²) < 4.78 is 28.6. The summed E-state index contributed by atoms with van der Waals surface area (Å²) in [5, 5.41) is 2.34. The lowest BCUT2D eigenvalue weighted by Gasteiger charge is -2.36. The van der Waals surface area contributed by atoms with Gasteiger partial charge in [0.25, 0.3) is 0 Å². The normalized spacial score (nSPS) is 16.7. The fourth-order valence-corrected chi connectivity index (χ4v) is 2.45. The monoisotopic (exact) mass is 324 g/mol. The van der Waals surface area contributed by atoms with E-state index in [1.165, 1.54) is 12.1 Å². The predicted molar refractivity (Wildman–Crippen MR) is 72.5 cm³/mol. The van der Waals surface area contributed by atoms with E-state index < -0.39 is 12.2 Å². The van der Waals surface area contributed by atoms with Crippen LogP contribution in [0.3, 0.4) is 0 Å². The first-order valence-corrected chi connectivity index (χ1v) is 6.61. The summed E-state index contributed by atoms with van der Waals surface area (Å²) >= 11 is 11.6. The minimum Gasteiger partial charge on any atom is -0.432 e.